The van der Waals surface area contributed by atoms with Crippen LogP contribution in [-0.4, -0.2) is 15.8 Å². The number of nitrogens with zero attached hydrogens (tertiary/aromatic N) is 2. The first kappa shape index (κ1) is 7.79. The highest BCUT2D eigenvalue weighted by atomic mass is 16.1. The van der Waals surface area contributed by atoms with Crippen molar-refractivity contribution in [3.05, 3.63) is 36.3 Å². The molecule has 4 nitrogen and oxygen atoms in total. The second kappa shape index (κ2) is 3.26. The minimum absolute atomic E-state index is 0.548. The van der Waals surface area contributed by atoms with Crippen molar-refractivity contribution >= 4 is 12.1 Å². The molecule has 4 heteroatoms. The lowest BCUT2D eigenvalue weighted by atomic mass is 10.2. The Kier molecular flexibility index (Phi) is 1.96. The second-order valence-corrected chi connectivity index (χ2v) is 2.73. The van der Waals surface area contributed by atoms with Gasteiger partial charge in [0.05, 0.1) is 0 Å². The van der Waals surface area contributed by atoms with Crippen molar-refractivity contribution in [3.63, 3.8) is 0 Å². The van der Waals surface area contributed by atoms with E-state index in [1.807, 2.05) is 28.9 Å². The molecule has 1 amide bonds. The quantitative estimate of drug-likeness (QED) is 0.693. The summed E-state index contributed by atoms with van der Waals surface area (Å²) >= 11 is 0. The Hall–Kier alpha value is -1.84. The average molecular weight is 175 g/mol. The Morgan fingerprint density at radius 3 is 3.31 bits per heavy atom. The van der Waals surface area contributed by atoms with Crippen molar-refractivity contribution in [3.8, 4) is 0 Å². The van der Waals surface area contributed by atoms with E-state index in [9.17, 15) is 4.79 Å². The van der Waals surface area contributed by atoms with Gasteiger partial charge >= 0.3 is 0 Å². The maximum absolute atomic E-state index is 10.1. The Bertz CT molecular complexity index is 421. The van der Waals surface area contributed by atoms with Crippen LogP contribution in [-0.2, 0) is 11.3 Å². The number of hydrogen-bond acceptors (Lipinski definition) is 2. The molecule has 2 heterocycles. The summed E-state index contributed by atoms with van der Waals surface area (Å²) in [5, 5.41) is 2.60. The fourth-order valence-corrected chi connectivity index (χ4v) is 1.22. The van der Waals surface area contributed by atoms with E-state index in [0.717, 1.165) is 11.2 Å². The zero-order valence-electron chi connectivity index (χ0n) is 6.97. The number of pyridine rings is 1. The predicted octanol–water partition coefficient (Wildman–Crippen LogP) is 0.580. The highest BCUT2D eigenvalue weighted by molar-refractivity contribution is 5.47. The van der Waals surface area contributed by atoms with Crippen molar-refractivity contribution in [1.29, 1.82) is 0 Å². The van der Waals surface area contributed by atoms with E-state index in [1.165, 1.54) is 0 Å². The van der Waals surface area contributed by atoms with Gasteiger partial charge in [0.25, 0.3) is 0 Å². The van der Waals surface area contributed by atoms with Gasteiger partial charge in [0.15, 0.2) is 0 Å². The smallest absolute Gasteiger partial charge is 0.207 e. The topological polar surface area (TPSA) is 46.4 Å². The van der Waals surface area contributed by atoms with Crippen LogP contribution < -0.4 is 5.32 Å². The monoisotopic (exact) mass is 175 g/mol. The van der Waals surface area contributed by atoms with Gasteiger partial charge in [-0.15, -0.1) is 0 Å². The van der Waals surface area contributed by atoms with Gasteiger partial charge in [-0.05, 0) is 17.7 Å². The molecule has 2 aromatic rings. The van der Waals surface area contributed by atoms with Gasteiger partial charge in [-0.3, -0.25) is 4.79 Å². The fraction of sp³-hybridized carbons (Fsp3) is 0.111. The zero-order valence-corrected chi connectivity index (χ0v) is 6.97. The molecule has 13 heavy (non-hydrogen) atoms. The summed E-state index contributed by atoms with van der Waals surface area (Å²) in [5.41, 5.74) is 1.94. The molecule has 0 radical (unpaired) electrons. The van der Waals surface area contributed by atoms with Crippen LogP contribution in [0.5, 0.6) is 0 Å². The first-order chi connectivity index (χ1) is 6.40. The van der Waals surface area contributed by atoms with Gasteiger partial charge in [0.1, 0.15) is 5.65 Å². The Morgan fingerprint density at radius 1 is 1.54 bits per heavy atom. The van der Waals surface area contributed by atoms with Crippen molar-refractivity contribution in [1.82, 2.24) is 14.7 Å². The molecule has 2 aromatic heterocycles. The molecule has 1 N–H and O–H groups in total. The third-order valence-electron chi connectivity index (χ3n) is 1.85. The van der Waals surface area contributed by atoms with Gasteiger partial charge in [-0.1, -0.05) is 0 Å². The third-order valence-corrected chi connectivity index (χ3v) is 1.85. The van der Waals surface area contributed by atoms with Crippen LogP contribution >= 0.6 is 0 Å². The lowest BCUT2D eigenvalue weighted by Gasteiger charge is -1.99. The molecule has 66 valence electrons. The number of imidazole rings is 1. The van der Waals surface area contributed by atoms with Crippen LogP contribution in [0, 0.1) is 0 Å². The molecule has 0 unspecified atom stereocenters. The first-order valence-electron chi connectivity index (χ1n) is 3.99. The number of nitrogens with one attached hydrogen (secondary N) is 1. The van der Waals surface area contributed by atoms with Crippen LogP contribution in [0.15, 0.2) is 30.7 Å². The SMILES string of the molecule is O=CNCc1ccn2ccnc2c1. The van der Waals surface area contributed by atoms with Gasteiger partial charge in [0, 0.05) is 25.1 Å². The molecule has 0 aliphatic carbocycles. The van der Waals surface area contributed by atoms with E-state index in [2.05, 4.69) is 10.3 Å². The van der Waals surface area contributed by atoms with Crippen molar-refractivity contribution < 1.29 is 4.79 Å². The van der Waals surface area contributed by atoms with Crippen LogP contribution in [0.3, 0.4) is 0 Å². The largest absolute Gasteiger partial charge is 0.355 e. The number of amides is 1. The average Bonchev–Trinajstić information content (AvgIpc) is 2.61. The molecule has 0 saturated carbocycles. The van der Waals surface area contributed by atoms with Gasteiger partial charge in [0.2, 0.25) is 6.41 Å². The number of fused-ring (bicyclic) bond motifs is 1. The Morgan fingerprint density at radius 2 is 2.46 bits per heavy atom. The molecule has 0 saturated heterocycles. The predicted molar refractivity (Wildman–Crippen MR) is 48.1 cm³/mol. The van der Waals surface area contributed by atoms with Crippen LogP contribution in [0.4, 0.5) is 0 Å². The summed E-state index contributed by atoms with van der Waals surface area (Å²) in [6, 6.07) is 3.89. The summed E-state index contributed by atoms with van der Waals surface area (Å²) in [6.45, 7) is 0.548. The number of hydrogen-bond donors (Lipinski definition) is 1. The number of rotatable bonds is 3. The van der Waals surface area contributed by atoms with E-state index in [-0.39, 0.29) is 0 Å². The summed E-state index contributed by atoms with van der Waals surface area (Å²) in [5.74, 6) is 0. The minimum Gasteiger partial charge on any atom is -0.355 e. The fourth-order valence-electron chi connectivity index (χ4n) is 1.22. The summed E-state index contributed by atoms with van der Waals surface area (Å²) in [4.78, 5) is 14.2. The standard InChI is InChI=1S/C9H9N3O/c13-7-10-6-8-1-3-12-4-2-11-9(12)5-8/h1-5,7H,6H2,(H,10,13). The van der Waals surface area contributed by atoms with E-state index in [1.54, 1.807) is 6.20 Å². The van der Waals surface area contributed by atoms with E-state index in [4.69, 9.17) is 0 Å². The van der Waals surface area contributed by atoms with Gasteiger partial charge in [-0.2, -0.15) is 0 Å². The molecular weight excluding hydrogens is 166 g/mol. The molecule has 0 aliphatic heterocycles. The summed E-state index contributed by atoms with van der Waals surface area (Å²) in [6.07, 6.45) is 6.23. The highest BCUT2D eigenvalue weighted by Gasteiger charge is 1.95. The summed E-state index contributed by atoms with van der Waals surface area (Å²) in [7, 11) is 0. The van der Waals surface area contributed by atoms with Crippen LogP contribution in [0.25, 0.3) is 5.65 Å². The maximum Gasteiger partial charge on any atom is 0.207 e. The van der Waals surface area contributed by atoms with Crippen molar-refractivity contribution in [2.75, 3.05) is 0 Å². The number of carbonyl (C=O) groups excluding carboxylic acids is 1. The zero-order chi connectivity index (χ0) is 9.10. The lowest BCUT2D eigenvalue weighted by Crippen LogP contribution is -2.09. The second-order valence-electron chi connectivity index (χ2n) is 2.73. The molecule has 2 rings (SSSR count). The number of carbonyl (C=O) groups is 1. The van der Waals surface area contributed by atoms with Crippen molar-refractivity contribution in [2.45, 2.75) is 6.54 Å². The minimum atomic E-state index is 0.548. The van der Waals surface area contributed by atoms with E-state index >= 15 is 0 Å². The van der Waals surface area contributed by atoms with Crippen molar-refractivity contribution in [2.24, 2.45) is 0 Å². The van der Waals surface area contributed by atoms with E-state index < -0.39 is 0 Å². The van der Waals surface area contributed by atoms with E-state index in [0.29, 0.717) is 13.0 Å². The van der Waals surface area contributed by atoms with Gasteiger partial charge in [-0.25, -0.2) is 4.98 Å². The summed E-state index contributed by atoms with van der Waals surface area (Å²) < 4.78 is 1.92. The molecular formula is C9H9N3O. The molecule has 0 fully saturated rings. The molecule has 0 aromatic carbocycles. The highest BCUT2D eigenvalue weighted by Crippen LogP contribution is 2.04. The Balaban J connectivity index is 2.31. The van der Waals surface area contributed by atoms with Gasteiger partial charge < -0.3 is 9.72 Å². The number of aromatic nitrogens is 2. The molecule has 0 aliphatic rings. The Labute approximate surface area is 75.2 Å². The van der Waals surface area contributed by atoms with Crippen LogP contribution in [0.2, 0.25) is 0 Å². The maximum atomic E-state index is 10.1. The van der Waals surface area contributed by atoms with Crippen LogP contribution in [0.1, 0.15) is 5.56 Å². The third kappa shape index (κ3) is 1.51. The first-order valence-corrected chi connectivity index (χ1v) is 3.99. The normalized spacial score (nSPS) is 10.2. The molecule has 0 bridgehead atoms. The molecule has 0 spiro atoms. The lowest BCUT2D eigenvalue weighted by molar-refractivity contribution is -0.109. The molecule has 0 atom stereocenters.